The van der Waals surface area contributed by atoms with Gasteiger partial charge in [0.05, 0.1) is 12.8 Å². The first kappa shape index (κ1) is 21.6. The van der Waals surface area contributed by atoms with Gasteiger partial charge in [-0.3, -0.25) is 0 Å². The zero-order chi connectivity index (χ0) is 21.5. The molecular formula is C26H31N3O. The van der Waals surface area contributed by atoms with Gasteiger partial charge in [-0.2, -0.15) is 0 Å². The van der Waals surface area contributed by atoms with Crippen molar-refractivity contribution in [2.75, 3.05) is 12.4 Å². The number of methoxy groups -OCH3 is 1. The third-order valence-electron chi connectivity index (χ3n) is 5.02. The second-order valence-corrected chi connectivity index (χ2v) is 8.08. The van der Waals surface area contributed by atoms with Crippen molar-refractivity contribution in [1.82, 2.24) is 9.97 Å². The van der Waals surface area contributed by atoms with Gasteiger partial charge in [-0.25, -0.2) is 9.97 Å². The van der Waals surface area contributed by atoms with E-state index in [1.54, 1.807) is 13.4 Å². The molecule has 0 amide bonds. The first-order chi connectivity index (χ1) is 14.5. The van der Waals surface area contributed by atoms with E-state index in [-0.39, 0.29) is 0 Å². The van der Waals surface area contributed by atoms with E-state index in [1.807, 2.05) is 12.1 Å². The van der Waals surface area contributed by atoms with Crippen molar-refractivity contribution < 1.29 is 4.74 Å². The molecule has 1 heterocycles. The zero-order valence-electron chi connectivity index (χ0n) is 18.6. The van der Waals surface area contributed by atoms with Gasteiger partial charge in [0.2, 0.25) is 0 Å². The lowest BCUT2D eigenvalue weighted by Gasteiger charge is -2.15. The topological polar surface area (TPSA) is 47.0 Å². The minimum absolute atomic E-state index is 0.512. The highest BCUT2D eigenvalue weighted by atomic mass is 16.5. The summed E-state index contributed by atoms with van der Waals surface area (Å²) >= 11 is 0. The van der Waals surface area contributed by atoms with Crippen LogP contribution in [0.2, 0.25) is 0 Å². The predicted molar refractivity (Wildman–Crippen MR) is 126 cm³/mol. The monoisotopic (exact) mass is 401 g/mol. The summed E-state index contributed by atoms with van der Waals surface area (Å²) in [6.45, 7) is 9.39. The second kappa shape index (κ2) is 10.1. The highest BCUT2D eigenvalue weighted by molar-refractivity contribution is 5.84. The molecule has 0 spiro atoms. The lowest BCUT2D eigenvalue weighted by atomic mass is 9.99. The zero-order valence-corrected chi connectivity index (χ0v) is 18.6. The fourth-order valence-electron chi connectivity index (χ4n) is 3.44. The minimum Gasteiger partial charge on any atom is -0.497 e. The maximum atomic E-state index is 5.28. The molecule has 0 aliphatic heterocycles. The Hall–Kier alpha value is -3.14. The summed E-state index contributed by atoms with van der Waals surface area (Å²) < 4.78 is 5.28. The number of allylic oxidation sites excluding steroid dienone is 1. The van der Waals surface area contributed by atoms with Gasteiger partial charge in [-0.15, -0.1) is 0 Å². The van der Waals surface area contributed by atoms with Gasteiger partial charge >= 0.3 is 0 Å². The van der Waals surface area contributed by atoms with Crippen LogP contribution in [0.15, 0.2) is 54.9 Å². The Morgan fingerprint density at radius 3 is 2.53 bits per heavy atom. The van der Waals surface area contributed by atoms with Crippen LogP contribution in [0.1, 0.15) is 48.7 Å². The molecule has 0 fully saturated rings. The predicted octanol–water partition coefficient (Wildman–Crippen LogP) is 6.16. The molecular weight excluding hydrogens is 370 g/mol. The number of rotatable bonds is 8. The smallest absolute Gasteiger partial charge is 0.137 e. The molecule has 4 heteroatoms. The van der Waals surface area contributed by atoms with E-state index in [4.69, 9.17) is 4.74 Å². The largest absolute Gasteiger partial charge is 0.497 e. The average molecular weight is 402 g/mol. The van der Waals surface area contributed by atoms with Gasteiger partial charge in [0.1, 0.15) is 17.9 Å². The summed E-state index contributed by atoms with van der Waals surface area (Å²) in [5.41, 5.74) is 6.94. The molecule has 3 aromatic rings. The van der Waals surface area contributed by atoms with E-state index in [9.17, 15) is 0 Å². The summed E-state index contributed by atoms with van der Waals surface area (Å²) in [6.07, 6.45) is 4.76. The van der Waals surface area contributed by atoms with Crippen LogP contribution in [0.4, 0.5) is 5.82 Å². The van der Waals surface area contributed by atoms with E-state index < -0.39 is 0 Å². The van der Waals surface area contributed by atoms with Gasteiger partial charge in [0.25, 0.3) is 0 Å². The molecule has 30 heavy (non-hydrogen) atoms. The number of hydrogen-bond donors (Lipinski definition) is 1. The fourth-order valence-corrected chi connectivity index (χ4v) is 3.44. The number of ether oxygens (including phenoxy) is 1. The SMILES string of the molecule is COc1ccc(/C(C)=C/c2c(CC(C)C)ncnc2NCc2cccc(C)c2)cc1. The molecule has 1 aromatic heterocycles. The summed E-state index contributed by atoms with van der Waals surface area (Å²) in [4.78, 5) is 9.18. The summed E-state index contributed by atoms with van der Waals surface area (Å²) in [5, 5.41) is 3.53. The summed E-state index contributed by atoms with van der Waals surface area (Å²) in [5.74, 6) is 2.24. The molecule has 0 radical (unpaired) electrons. The third kappa shape index (κ3) is 5.69. The van der Waals surface area contributed by atoms with E-state index in [1.165, 1.54) is 11.1 Å². The number of nitrogens with one attached hydrogen (secondary N) is 1. The highest BCUT2D eigenvalue weighted by Gasteiger charge is 2.12. The minimum atomic E-state index is 0.512. The van der Waals surface area contributed by atoms with E-state index in [0.717, 1.165) is 46.9 Å². The Morgan fingerprint density at radius 1 is 1.10 bits per heavy atom. The molecule has 0 atom stereocenters. The number of aryl methyl sites for hydroxylation is 1. The lowest BCUT2D eigenvalue weighted by molar-refractivity contribution is 0.415. The molecule has 0 aliphatic rings. The van der Waals surface area contributed by atoms with Crippen molar-refractivity contribution in [3.63, 3.8) is 0 Å². The van der Waals surface area contributed by atoms with E-state index in [0.29, 0.717) is 5.92 Å². The summed E-state index contributed by atoms with van der Waals surface area (Å²) in [7, 11) is 1.68. The Labute approximate surface area is 180 Å². The molecule has 4 nitrogen and oxygen atoms in total. The number of benzene rings is 2. The third-order valence-corrected chi connectivity index (χ3v) is 5.02. The molecule has 0 aliphatic carbocycles. The molecule has 156 valence electrons. The first-order valence-corrected chi connectivity index (χ1v) is 10.4. The molecule has 0 bridgehead atoms. The van der Waals surface area contributed by atoms with Gasteiger partial charge in [0.15, 0.2) is 0 Å². The van der Waals surface area contributed by atoms with Crippen LogP contribution in [-0.4, -0.2) is 17.1 Å². The van der Waals surface area contributed by atoms with Crippen molar-refractivity contribution in [3.8, 4) is 5.75 Å². The Morgan fingerprint density at radius 2 is 1.87 bits per heavy atom. The Bertz CT molecular complexity index is 1010. The van der Waals surface area contributed by atoms with Crippen molar-refractivity contribution in [2.45, 2.75) is 40.7 Å². The van der Waals surface area contributed by atoms with Crippen molar-refractivity contribution >= 4 is 17.5 Å². The molecule has 2 aromatic carbocycles. The summed E-state index contributed by atoms with van der Waals surface area (Å²) in [6, 6.07) is 16.7. The van der Waals surface area contributed by atoms with Gasteiger partial charge in [0, 0.05) is 12.1 Å². The number of anilines is 1. The molecule has 0 unspecified atom stereocenters. The first-order valence-electron chi connectivity index (χ1n) is 10.4. The van der Waals surface area contributed by atoms with Gasteiger partial charge in [-0.1, -0.05) is 55.8 Å². The fraction of sp³-hybridized carbons (Fsp3) is 0.308. The quantitative estimate of drug-likeness (QED) is 0.491. The van der Waals surface area contributed by atoms with Crippen LogP contribution in [0.5, 0.6) is 5.75 Å². The van der Waals surface area contributed by atoms with Crippen molar-refractivity contribution in [3.05, 3.63) is 82.8 Å². The molecule has 0 saturated carbocycles. The molecule has 1 N–H and O–H groups in total. The average Bonchev–Trinajstić information content (AvgIpc) is 2.73. The Kier molecular flexibility index (Phi) is 7.23. The maximum Gasteiger partial charge on any atom is 0.137 e. The van der Waals surface area contributed by atoms with Crippen LogP contribution in [0, 0.1) is 12.8 Å². The van der Waals surface area contributed by atoms with E-state index >= 15 is 0 Å². The maximum absolute atomic E-state index is 5.28. The van der Waals surface area contributed by atoms with Crippen molar-refractivity contribution in [1.29, 1.82) is 0 Å². The highest BCUT2D eigenvalue weighted by Crippen LogP contribution is 2.26. The standard InChI is InChI=1S/C26H31N3O/c1-18(2)13-25-24(15-20(4)22-9-11-23(30-5)12-10-22)26(29-17-28-25)27-16-21-8-6-7-19(3)14-21/h6-12,14-15,17-18H,13,16H2,1-5H3,(H,27,28,29)/b20-15+. The molecule has 3 rings (SSSR count). The van der Waals surface area contributed by atoms with Crippen LogP contribution in [0.25, 0.3) is 11.6 Å². The Balaban J connectivity index is 1.94. The number of hydrogen-bond acceptors (Lipinski definition) is 4. The number of aromatic nitrogens is 2. The van der Waals surface area contributed by atoms with Crippen LogP contribution in [0.3, 0.4) is 0 Å². The van der Waals surface area contributed by atoms with Gasteiger partial charge in [-0.05, 0) is 61.1 Å². The van der Waals surface area contributed by atoms with Crippen LogP contribution in [-0.2, 0) is 13.0 Å². The lowest BCUT2D eigenvalue weighted by Crippen LogP contribution is -2.08. The number of nitrogens with zero attached hydrogens (tertiary/aromatic N) is 2. The van der Waals surface area contributed by atoms with Crippen molar-refractivity contribution in [2.24, 2.45) is 5.92 Å². The van der Waals surface area contributed by atoms with Crippen LogP contribution >= 0.6 is 0 Å². The molecule has 0 saturated heterocycles. The van der Waals surface area contributed by atoms with Crippen LogP contribution < -0.4 is 10.1 Å². The van der Waals surface area contributed by atoms with Gasteiger partial charge < -0.3 is 10.1 Å². The van der Waals surface area contributed by atoms with E-state index in [2.05, 4.69) is 85.5 Å². The normalized spacial score (nSPS) is 11.6. The second-order valence-electron chi connectivity index (χ2n) is 8.08.